The Balaban J connectivity index is 1.26. The van der Waals surface area contributed by atoms with Crippen LogP contribution in [-0.4, -0.2) is 42.8 Å². The molecule has 1 fully saturated rings. The normalized spacial score (nSPS) is 18.9. The van der Waals surface area contributed by atoms with Crippen molar-refractivity contribution >= 4 is 18.0 Å². The van der Waals surface area contributed by atoms with Gasteiger partial charge in [-0.05, 0) is 52.8 Å². The Labute approximate surface area is 206 Å². The molecule has 3 atom stereocenters. The number of nitrogens with one attached hydrogen (secondary N) is 2. The van der Waals surface area contributed by atoms with Crippen molar-refractivity contribution < 1.29 is 24.2 Å². The number of alkyl carbamates (subject to hydrolysis) is 1. The van der Waals surface area contributed by atoms with E-state index in [1.165, 1.54) is 11.1 Å². The number of carboxylic acid groups (broad SMARTS) is 1. The highest BCUT2D eigenvalue weighted by Crippen LogP contribution is 2.44. The van der Waals surface area contributed by atoms with Gasteiger partial charge in [0.15, 0.2) is 0 Å². The quantitative estimate of drug-likeness (QED) is 0.444. The van der Waals surface area contributed by atoms with Crippen molar-refractivity contribution in [2.45, 2.75) is 39.0 Å². The van der Waals surface area contributed by atoms with Gasteiger partial charge in [-0.3, -0.25) is 9.59 Å². The average Bonchev–Trinajstić information content (AvgIpc) is 3.55. The van der Waals surface area contributed by atoms with E-state index in [0.29, 0.717) is 25.4 Å². The van der Waals surface area contributed by atoms with E-state index in [4.69, 9.17) is 9.84 Å². The molecule has 2 amide bonds. The molecule has 35 heavy (non-hydrogen) atoms. The van der Waals surface area contributed by atoms with Gasteiger partial charge in [-0.25, -0.2) is 4.79 Å². The molecule has 2 aliphatic carbocycles. The van der Waals surface area contributed by atoms with Gasteiger partial charge in [-0.15, -0.1) is 0 Å². The molecule has 4 rings (SSSR count). The molecule has 7 heteroatoms. The molecule has 2 aromatic rings. The van der Waals surface area contributed by atoms with Crippen LogP contribution in [0.4, 0.5) is 4.79 Å². The predicted octanol–water partition coefficient (Wildman–Crippen LogP) is 4.41. The van der Waals surface area contributed by atoms with E-state index in [0.717, 1.165) is 17.5 Å². The van der Waals surface area contributed by atoms with Gasteiger partial charge in [0, 0.05) is 25.4 Å². The Hall–Kier alpha value is -3.35. The molecular formula is C28H34N2O5. The first-order valence-electron chi connectivity index (χ1n) is 12.4. The van der Waals surface area contributed by atoms with Crippen molar-refractivity contribution in [3.05, 3.63) is 59.7 Å². The number of fused-ring (bicyclic) bond motifs is 3. The molecule has 0 saturated heterocycles. The van der Waals surface area contributed by atoms with Crippen LogP contribution in [0, 0.1) is 23.7 Å². The zero-order valence-electron chi connectivity index (χ0n) is 20.3. The number of carbonyl (C=O) groups excluding carboxylic acids is 2. The minimum Gasteiger partial charge on any atom is -0.481 e. The van der Waals surface area contributed by atoms with Crippen LogP contribution in [0.5, 0.6) is 0 Å². The fraction of sp³-hybridized carbons (Fsp3) is 0.464. The minimum atomic E-state index is -0.797. The highest BCUT2D eigenvalue weighted by molar-refractivity contribution is 5.79. The van der Waals surface area contributed by atoms with Crippen LogP contribution >= 0.6 is 0 Å². The maximum absolute atomic E-state index is 12.5. The van der Waals surface area contributed by atoms with Crippen LogP contribution in [0.2, 0.25) is 0 Å². The van der Waals surface area contributed by atoms with Crippen LogP contribution in [0.15, 0.2) is 48.5 Å². The second-order valence-corrected chi connectivity index (χ2v) is 10.2. The van der Waals surface area contributed by atoms with Crippen molar-refractivity contribution in [3.63, 3.8) is 0 Å². The van der Waals surface area contributed by atoms with Gasteiger partial charge >= 0.3 is 12.1 Å². The van der Waals surface area contributed by atoms with E-state index < -0.39 is 12.1 Å². The largest absolute Gasteiger partial charge is 0.481 e. The number of hydrogen-bond acceptors (Lipinski definition) is 4. The molecular weight excluding hydrogens is 444 g/mol. The summed E-state index contributed by atoms with van der Waals surface area (Å²) in [5, 5.41) is 14.7. The molecule has 3 N–H and O–H groups in total. The predicted molar refractivity (Wildman–Crippen MR) is 133 cm³/mol. The van der Waals surface area contributed by atoms with E-state index >= 15 is 0 Å². The molecule has 0 aliphatic heterocycles. The van der Waals surface area contributed by atoms with Crippen LogP contribution in [0.25, 0.3) is 11.1 Å². The summed E-state index contributed by atoms with van der Waals surface area (Å²) < 4.78 is 5.62. The van der Waals surface area contributed by atoms with E-state index in [-0.39, 0.29) is 42.6 Å². The van der Waals surface area contributed by atoms with Crippen LogP contribution in [-0.2, 0) is 14.3 Å². The first-order valence-corrected chi connectivity index (χ1v) is 12.4. The second-order valence-electron chi connectivity index (χ2n) is 10.2. The van der Waals surface area contributed by atoms with E-state index in [9.17, 15) is 14.4 Å². The van der Waals surface area contributed by atoms with Crippen molar-refractivity contribution in [1.29, 1.82) is 0 Å². The summed E-state index contributed by atoms with van der Waals surface area (Å²) in [6, 6.07) is 16.4. The second kappa shape index (κ2) is 10.9. The number of ether oxygens (including phenoxy) is 1. The van der Waals surface area contributed by atoms with Gasteiger partial charge in [0.1, 0.15) is 6.61 Å². The minimum absolute atomic E-state index is 0.00226. The molecule has 2 aromatic carbocycles. The molecule has 186 valence electrons. The lowest BCUT2D eigenvalue weighted by atomic mass is 9.93. The number of aliphatic carboxylic acids is 1. The maximum atomic E-state index is 12.5. The number of rotatable bonds is 11. The molecule has 2 aliphatic rings. The van der Waals surface area contributed by atoms with E-state index in [1.54, 1.807) is 0 Å². The van der Waals surface area contributed by atoms with Gasteiger partial charge < -0.3 is 20.5 Å². The lowest BCUT2D eigenvalue weighted by molar-refractivity contribution is -0.139. The smallest absolute Gasteiger partial charge is 0.407 e. The zero-order valence-corrected chi connectivity index (χ0v) is 20.3. The fourth-order valence-corrected chi connectivity index (χ4v) is 5.14. The number of benzene rings is 2. The third-order valence-corrected chi connectivity index (χ3v) is 6.96. The molecule has 0 unspecified atom stereocenters. The summed E-state index contributed by atoms with van der Waals surface area (Å²) in [6.45, 7) is 5.16. The van der Waals surface area contributed by atoms with E-state index in [1.807, 2.05) is 24.3 Å². The van der Waals surface area contributed by atoms with Gasteiger partial charge in [0.2, 0.25) is 5.91 Å². The summed E-state index contributed by atoms with van der Waals surface area (Å²) in [4.78, 5) is 35.9. The van der Waals surface area contributed by atoms with Crippen molar-refractivity contribution in [3.8, 4) is 11.1 Å². The summed E-state index contributed by atoms with van der Waals surface area (Å²) >= 11 is 0. The third kappa shape index (κ3) is 6.21. The molecule has 0 heterocycles. The summed E-state index contributed by atoms with van der Waals surface area (Å²) in [7, 11) is 0. The molecule has 0 aromatic heterocycles. The zero-order chi connectivity index (χ0) is 24.9. The Morgan fingerprint density at radius 1 is 1.00 bits per heavy atom. The van der Waals surface area contributed by atoms with Crippen LogP contribution in [0.1, 0.15) is 50.2 Å². The number of carboxylic acids is 1. The van der Waals surface area contributed by atoms with E-state index in [2.05, 4.69) is 48.7 Å². The summed E-state index contributed by atoms with van der Waals surface area (Å²) in [5.74, 6) is -0.865. The summed E-state index contributed by atoms with van der Waals surface area (Å²) in [5.41, 5.74) is 4.69. The van der Waals surface area contributed by atoms with Gasteiger partial charge in [0.25, 0.3) is 0 Å². The Morgan fingerprint density at radius 2 is 1.63 bits per heavy atom. The first-order chi connectivity index (χ1) is 16.8. The average molecular weight is 479 g/mol. The van der Waals surface area contributed by atoms with Crippen LogP contribution in [0.3, 0.4) is 0 Å². The first kappa shape index (κ1) is 24.8. The highest BCUT2D eigenvalue weighted by Gasteiger charge is 2.43. The molecule has 0 bridgehead atoms. The maximum Gasteiger partial charge on any atom is 0.407 e. The number of hydrogen-bond donors (Lipinski definition) is 3. The Morgan fingerprint density at radius 3 is 2.20 bits per heavy atom. The summed E-state index contributed by atoms with van der Waals surface area (Å²) in [6.07, 6.45) is 1.21. The number of amides is 2. The lowest BCUT2D eigenvalue weighted by Gasteiger charge is -2.20. The third-order valence-electron chi connectivity index (χ3n) is 6.96. The Kier molecular flexibility index (Phi) is 7.73. The van der Waals surface area contributed by atoms with Crippen molar-refractivity contribution in [2.75, 3.05) is 19.7 Å². The molecule has 1 saturated carbocycles. The fourth-order valence-electron chi connectivity index (χ4n) is 5.14. The SMILES string of the molecule is CC(C)C[C@H](CNC(=O)OCC1c2ccccc2-c2ccccc21)CC(=O)NC[C@@H]1C[C@@H]1C(=O)O. The van der Waals surface area contributed by atoms with Crippen LogP contribution < -0.4 is 10.6 Å². The highest BCUT2D eigenvalue weighted by atomic mass is 16.5. The van der Waals surface area contributed by atoms with Crippen molar-refractivity contribution in [2.24, 2.45) is 23.7 Å². The number of carbonyl (C=O) groups is 3. The van der Waals surface area contributed by atoms with Gasteiger partial charge in [0.05, 0.1) is 5.92 Å². The lowest BCUT2D eigenvalue weighted by Crippen LogP contribution is -2.35. The molecule has 0 spiro atoms. The van der Waals surface area contributed by atoms with Gasteiger partial charge in [-0.2, -0.15) is 0 Å². The Bertz CT molecular complexity index is 1040. The standard InChI is InChI=1S/C28H34N2O5/c1-17(2)11-18(12-26(31)29-15-19-13-24(19)27(32)33)14-30-28(34)35-16-25-22-9-5-3-7-20(22)21-8-4-6-10-23(21)25/h3-10,17-19,24-25H,11-16H2,1-2H3,(H,29,31)(H,30,34)(H,32,33)/t18-,19-,24-/m0/s1. The molecule has 7 nitrogen and oxygen atoms in total. The molecule has 0 radical (unpaired) electrons. The van der Waals surface area contributed by atoms with Crippen molar-refractivity contribution in [1.82, 2.24) is 10.6 Å². The topological polar surface area (TPSA) is 105 Å². The van der Waals surface area contributed by atoms with Gasteiger partial charge in [-0.1, -0.05) is 62.4 Å². The monoisotopic (exact) mass is 478 g/mol.